The van der Waals surface area contributed by atoms with Gasteiger partial charge in [-0.2, -0.15) is 0 Å². The lowest BCUT2D eigenvalue weighted by Crippen LogP contribution is -2.41. The molecule has 2 N–H and O–H groups in total. The van der Waals surface area contributed by atoms with Crippen molar-refractivity contribution < 1.29 is 0 Å². The number of hydrogen-bond acceptors (Lipinski definition) is 4. The Balaban J connectivity index is 1.87. The fourth-order valence-electron chi connectivity index (χ4n) is 3.23. The largest absolute Gasteiger partial charge is 0.382 e. The quantitative estimate of drug-likeness (QED) is 0.849. The molecule has 0 bridgehead atoms. The van der Waals surface area contributed by atoms with Crippen molar-refractivity contribution >= 4 is 23.2 Å². The molecule has 2 fully saturated rings. The zero-order valence-electron chi connectivity index (χ0n) is 10.5. The molecule has 4 nitrogen and oxygen atoms in total. The Morgan fingerprint density at radius 1 is 1.17 bits per heavy atom. The van der Waals surface area contributed by atoms with Crippen molar-refractivity contribution in [3.63, 3.8) is 0 Å². The lowest BCUT2D eigenvalue weighted by atomic mass is 9.66. The zero-order chi connectivity index (χ0) is 12.6. The van der Waals surface area contributed by atoms with Gasteiger partial charge in [-0.1, -0.05) is 24.4 Å². The molecule has 1 aromatic heterocycles. The Morgan fingerprint density at radius 2 is 1.94 bits per heavy atom. The smallest absolute Gasteiger partial charge is 0.153 e. The maximum atomic E-state index is 6.24. The second-order valence-electron chi connectivity index (χ2n) is 5.63. The van der Waals surface area contributed by atoms with E-state index in [0.717, 1.165) is 18.9 Å². The van der Waals surface area contributed by atoms with Crippen molar-refractivity contribution in [3.8, 4) is 0 Å². The molecule has 1 saturated heterocycles. The summed E-state index contributed by atoms with van der Waals surface area (Å²) in [6, 6.07) is 0. The second kappa shape index (κ2) is 4.57. The van der Waals surface area contributed by atoms with Gasteiger partial charge in [-0.15, -0.1) is 0 Å². The van der Waals surface area contributed by atoms with E-state index < -0.39 is 0 Å². The van der Waals surface area contributed by atoms with Gasteiger partial charge in [0.1, 0.15) is 17.2 Å². The van der Waals surface area contributed by atoms with Crippen molar-refractivity contribution in [2.24, 2.45) is 5.41 Å². The molecule has 1 saturated carbocycles. The van der Waals surface area contributed by atoms with Gasteiger partial charge >= 0.3 is 0 Å². The van der Waals surface area contributed by atoms with Crippen LogP contribution < -0.4 is 10.6 Å². The molecular formula is C13H19ClN4. The molecule has 0 unspecified atom stereocenters. The zero-order valence-corrected chi connectivity index (χ0v) is 11.3. The first kappa shape index (κ1) is 12.0. The van der Waals surface area contributed by atoms with Gasteiger partial charge in [-0.3, -0.25) is 0 Å². The molecule has 0 aromatic carbocycles. The van der Waals surface area contributed by atoms with Crippen molar-refractivity contribution in [3.05, 3.63) is 11.3 Å². The summed E-state index contributed by atoms with van der Waals surface area (Å²) in [5, 5.41) is 0.508. The molecular weight excluding hydrogens is 248 g/mol. The van der Waals surface area contributed by atoms with Crippen LogP contribution in [0.5, 0.6) is 0 Å². The van der Waals surface area contributed by atoms with Crippen LogP contribution in [0.2, 0.25) is 5.02 Å². The highest BCUT2D eigenvalue weighted by atomic mass is 35.5. The molecule has 98 valence electrons. The number of nitrogens with two attached hydrogens (primary N) is 1. The molecule has 0 atom stereocenters. The molecule has 2 heterocycles. The van der Waals surface area contributed by atoms with E-state index in [-0.39, 0.29) is 0 Å². The summed E-state index contributed by atoms with van der Waals surface area (Å²) < 4.78 is 0. The summed E-state index contributed by atoms with van der Waals surface area (Å²) in [4.78, 5) is 10.6. The number of nitrogen functional groups attached to an aromatic ring is 1. The minimum absolute atomic E-state index is 0.383. The topological polar surface area (TPSA) is 55.0 Å². The molecule has 1 spiro atoms. The Kier molecular flexibility index (Phi) is 3.06. The number of anilines is 2. The summed E-state index contributed by atoms with van der Waals surface area (Å²) in [5.74, 6) is 1.20. The summed E-state index contributed by atoms with van der Waals surface area (Å²) in [6.07, 6.45) is 9.45. The molecule has 18 heavy (non-hydrogen) atoms. The fraction of sp³-hybridized carbons (Fsp3) is 0.692. The van der Waals surface area contributed by atoms with Crippen LogP contribution >= 0.6 is 11.6 Å². The third kappa shape index (κ3) is 2.03. The van der Waals surface area contributed by atoms with Crippen molar-refractivity contribution in [1.29, 1.82) is 0 Å². The summed E-state index contributed by atoms with van der Waals surface area (Å²) in [6.45, 7) is 2.10. The molecule has 5 heteroatoms. The highest BCUT2D eigenvalue weighted by molar-refractivity contribution is 6.35. The SMILES string of the molecule is Nc1ncnc(N2CCCCC3(CCC3)C2)c1Cl. The van der Waals surface area contributed by atoms with Crippen LogP contribution in [0.3, 0.4) is 0 Å². The summed E-state index contributed by atoms with van der Waals surface area (Å²) >= 11 is 6.24. The molecule has 1 aliphatic carbocycles. The molecule has 1 aliphatic heterocycles. The molecule has 0 amide bonds. The summed E-state index contributed by atoms with van der Waals surface area (Å²) in [7, 11) is 0. The first-order valence-electron chi connectivity index (χ1n) is 6.71. The number of halogens is 1. The van der Waals surface area contributed by atoms with Crippen LogP contribution in [0.15, 0.2) is 6.33 Å². The lowest BCUT2D eigenvalue weighted by Gasteiger charge is -2.44. The highest BCUT2D eigenvalue weighted by Gasteiger charge is 2.39. The molecule has 2 aliphatic rings. The third-order valence-electron chi connectivity index (χ3n) is 4.42. The normalized spacial score (nSPS) is 22.6. The van der Waals surface area contributed by atoms with E-state index in [0.29, 0.717) is 16.3 Å². The minimum atomic E-state index is 0.383. The first-order chi connectivity index (χ1) is 8.70. The third-order valence-corrected chi connectivity index (χ3v) is 4.79. The van der Waals surface area contributed by atoms with E-state index in [4.69, 9.17) is 17.3 Å². The Morgan fingerprint density at radius 3 is 2.67 bits per heavy atom. The monoisotopic (exact) mass is 266 g/mol. The average Bonchev–Trinajstić information content (AvgIpc) is 2.55. The number of hydrogen-bond donors (Lipinski definition) is 1. The van der Waals surface area contributed by atoms with Crippen LogP contribution in [0.1, 0.15) is 38.5 Å². The Labute approximate surface area is 113 Å². The van der Waals surface area contributed by atoms with Crippen LogP contribution in [-0.2, 0) is 0 Å². The van der Waals surface area contributed by atoms with Crippen LogP contribution in [0, 0.1) is 5.41 Å². The highest BCUT2D eigenvalue weighted by Crippen LogP contribution is 2.47. The van der Waals surface area contributed by atoms with Gasteiger partial charge in [-0.05, 0) is 31.1 Å². The van der Waals surface area contributed by atoms with Crippen LogP contribution in [0.4, 0.5) is 11.6 Å². The molecule has 3 rings (SSSR count). The number of aromatic nitrogens is 2. The maximum Gasteiger partial charge on any atom is 0.153 e. The first-order valence-corrected chi connectivity index (χ1v) is 7.09. The van der Waals surface area contributed by atoms with E-state index in [1.165, 1.54) is 44.9 Å². The van der Waals surface area contributed by atoms with Gasteiger partial charge in [-0.25, -0.2) is 9.97 Å². The van der Waals surface area contributed by atoms with Gasteiger partial charge in [0.2, 0.25) is 0 Å². The van der Waals surface area contributed by atoms with Gasteiger partial charge < -0.3 is 10.6 Å². The molecule has 0 radical (unpaired) electrons. The van der Waals surface area contributed by atoms with Crippen LogP contribution in [-0.4, -0.2) is 23.1 Å². The van der Waals surface area contributed by atoms with Gasteiger partial charge in [0, 0.05) is 13.1 Å². The summed E-state index contributed by atoms with van der Waals surface area (Å²) in [5.41, 5.74) is 6.28. The fourth-order valence-corrected chi connectivity index (χ4v) is 3.44. The van der Waals surface area contributed by atoms with Crippen molar-refractivity contribution in [2.75, 3.05) is 23.7 Å². The predicted octanol–water partition coefficient (Wildman–Crippen LogP) is 2.87. The number of nitrogens with zero attached hydrogens (tertiary/aromatic N) is 3. The van der Waals surface area contributed by atoms with E-state index in [1.807, 2.05) is 0 Å². The lowest BCUT2D eigenvalue weighted by molar-refractivity contribution is 0.132. The number of rotatable bonds is 1. The van der Waals surface area contributed by atoms with Crippen molar-refractivity contribution in [1.82, 2.24) is 9.97 Å². The Bertz CT molecular complexity index is 445. The van der Waals surface area contributed by atoms with Crippen LogP contribution in [0.25, 0.3) is 0 Å². The minimum Gasteiger partial charge on any atom is -0.382 e. The van der Waals surface area contributed by atoms with Gasteiger partial charge in [0.25, 0.3) is 0 Å². The maximum absolute atomic E-state index is 6.24. The van der Waals surface area contributed by atoms with Gasteiger partial charge in [0.05, 0.1) is 0 Å². The Hall–Kier alpha value is -1.03. The van der Waals surface area contributed by atoms with E-state index in [2.05, 4.69) is 14.9 Å². The van der Waals surface area contributed by atoms with E-state index in [1.54, 1.807) is 0 Å². The van der Waals surface area contributed by atoms with E-state index >= 15 is 0 Å². The molecule has 1 aromatic rings. The predicted molar refractivity (Wildman–Crippen MR) is 73.8 cm³/mol. The average molecular weight is 267 g/mol. The second-order valence-corrected chi connectivity index (χ2v) is 6.01. The van der Waals surface area contributed by atoms with E-state index in [9.17, 15) is 0 Å². The van der Waals surface area contributed by atoms with Gasteiger partial charge in [0.15, 0.2) is 5.82 Å². The van der Waals surface area contributed by atoms with Crippen molar-refractivity contribution in [2.45, 2.75) is 38.5 Å². The standard InChI is InChI=1S/C13H19ClN4/c14-10-11(15)16-9-17-12(10)18-7-2-1-4-13(8-18)5-3-6-13/h9H,1-8H2,(H2,15,16,17).